The van der Waals surface area contributed by atoms with Crippen LogP contribution < -0.4 is 0 Å². The lowest BCUT2D eigenvalue weighted by atomic mass is 10.0. The van der Waals surface area contributed by atoms with Crippen LogP contribution in [0.25, 0.3) is 10.8 Å². The molecule has 2 rings (SSSR count). The van der Waals surface area contributed by atoms with E-state index in [9.17, 15) is 9.18 Å². The Morgan fingerprint density at radius 2 is 1.88 bits per heavy atom. The van der Waals surface area contributed by atoms with Gasteiger partial charge in [0, 0.05) is 10.9 Å². The molecule has 0 aliphatic carbocycles. The molecule has 0 aliphatic rings. The van der Waals surface area contributed by atoms with E-state index in [1.54, 1.807) is 24.3 Å². The number of benzene rings is 2. The number of carbonyl (C=O) groups excluding carboxylic acids is 1. The zero-order valence-corrected chi connectivity index (χ0v) is 9.68. The molecule has 2 aromatic rings. The predicted octanol–water partition coefficient (Wildman–Crippen LogP) is 3.52. The number of halogens is 1. The molecule has 0 bridgehead atoms. The Labute approximate surface area is 97.7 Å². The largest absolute Gasteiger partial charge is 0.293 e. The Hall–Kier alpha value is -1.35. The third-order valence-corrected chi connectivity index (χ3v) is 3.00. The van der Waals surface area contributed by atoms with Crippen LogP contribution in [-0.2, 0) is 0 Å². The summed E-state index contributed by atoms with van der Waals surface area (Å²) in [4.78, 5) is 11.8. The first-order chi connectivity index (χ1) is 7.74. The van der Waals surface area contributed by atoms with E-state index in [0.717, 1.165) is 0 Å². The van der Waals surface area contributed by atoms with Crippen molar-refractivity contribution in [1.82, 2.24) is 0 Å². The van der Waals surface area contributed by atoms with Gasteiger partial charge in [0.15, 0.2) is 5.78 Å². The molecule has 0 unspecified atom stereocenters. The number of Topliss-reactive ketones (excluding diaryl/α,β-unsaturated/α-hetero) is 1. The number of hydrogen-bond acceptors (Lipinski definition) is 2. The second-order valence-electron chi connectivity index (χ2n) is 3.50. The highest BCUT2D eigenvalue weighted by Gasteiger charge is 2.11. The molecular weight excluding hydrogens is 223 g/mol. The van der Waals surface area contributed by atoms with Gasteiger partial charge in [-0.05, 0) is 23.8 Å². The average molecular weight is 234 g/mol. The first-order valence-electron chi connectivity index (χ1n) is 4.93. The van der Waals surface area contributed by atoms with Crippen molar-refractivity contribution in [3.63, 3.8) is 0 Å². The number of hydrogen-bond donors (Lipinski definition) is 0. The van der Waals surface area contributed by atoms with Crippen molar-refractivity contribution in [2.45, 2.75) is 0 Å². The molecule has 2 aromatic carbocycles. The lowest BCUT2D eigenvalue weighted by Gasteiger charge is -2.05. The summed E-state index contributed by atoms with van der Waals surface area (Å²) in [7, 11) is 0. The number of thioether (sulfide) groups is 1. The van der Waals surface area contributed by atoms with Crippen LogP contribution in [0.4, 0.5) is 4.39 Å². The van der Waals surface area contributed by atoms with Crippen molar-refractivity contribution in [2.75, 3.05) is 12.0 Å². The number of ketones is 1. The van der Waals surface area contributed by atoms with E-state index in [0.29, 0.717) is 22.1 Å². The van der Waals surface area contributed by atoms with Crippen LogP contribution in [0.3, 0.4) is 0 Å². The van der Waals surface area contributed by atoms with Crippen LogP contribution in [0.2, 0.25) is 0 Å². The molecule has 3 heteroatoms. The van der Waals surface area contributed by atoms with Crippen LogP contribution >= 0.6 is 11.8 Å². The molecule has 0 amide bonds. The highest BCUT2D eigenvalue weighted by molar-refractivity contribution is 7.99. The Kier molecular flexibility index (Phi) is 3.25. The lowest BCUT2D eigenvalue weighted by molar-refractivity contribution is 0.102. The van der Waals surface area contributed by atoms with Gasteiger partial charge < -0.3 is 0 Å². The molecule has 0 saturated heterocycles. The molecule has 0 fully saturated rings. The van der Waals surface area contributed by atoms with Gasteiger partial charge in [-0.15, -0.1) is 0 Å². The van der Waals surface area contributed by atoms with Gasteiger partial charge in [-0.25, -0.2) is 4.39 Å². The van der Waals surface area contributed by atoms with Gasteiger partial charge in [0.05, 0.1) is 5.75 Å². The van der Waals surface area contributed by atoms with E-state index in [2.05, 4.69) is 0 Å². The Morgan fingerprint density at radius 3 is 2.56 bits per heavy atom. The molecule has 0 spiro atoms. The van der Waals surface area contributed by atoms with Crippen LogP contribution in [0.1, 0.15) is 10.4 Å². The quantitative estimate of drug-likeness (QED) is 0.756. The van der Waals surface area contributed by atoms with Gasteiger partial charge in [0.25, 0.3) is 0 Å². The third-order valence-electron chi connectivity index (χ3n) is 2.45. The van der Waals surface area contributed by atoms with Gasteiger partial charge in [0.1, 0.15) is 5.82 Å². The molecule has 0 heterocycles. The molecule has 82 valence electrons. The van der Waals surface area contributed by atoms with Crippen molar-refractivity contribution >= 4 is 28.3 Å². The maximum absolute atomic E-state index is 13.5. The van der Waals surface area contributed by atoms with E-state index in [-0.39, 0.29) is 11.6 Å². The molecule has 0 atom stereocenters. The average Bonchev–Trinajstić information content (AvgIpc) is 2.30. The molecule has 0 aromatic heterocycles. The standard InChI is InChI=1S/C13H11FOS/c1-16-8-13(15)11-6-7-12(14)10-5-3-2-4-9(10)11/h2-7H,8H2,1H3. The smallest absolute Gasteiger partial charge is 0.173 e. The monoisotopic (exact) mass is 234 g/mol. The van der Waals surface area contributed by atoms with Crippen LogP contribution in [0.15, 0.2) is 36.4 Å². The third kappa shape index (κ3) is 1.95. The Morgan fingerprint density at radius 1 is 1.19 bits per heavy atom. The van der Waals surface area contributed by atoms with E-state index in [4.69, 9.17) is 0 Å². The van der Waals surface area contributed by atoms with Crippen molar-refractivity contribution < 1.29 is 9.18 Å². The summed E-state index contributed by atoms with van der Waals surface area (Å²) in [6.07, 6.45) is 1.88. The molecule has 0 saturated carbocycles. The van der Waals surface area contributed by atoms with Crippen molar-refractivity contribution in [3.8, 4) is 0 Å². The molecule has 16 heavy (non-hydrogen) atoms. The zero-order valence-electron chi connectivity index (χ0n) is 8.87. The fourth-order valence-electron chi connectivity index (χ4n) is 1.71. The van der Waals surface area contributed by atoms with Crippen LogP contribution in [-0.4, -0.2) is 17.8 Å². The topological polar surface area (TPSA) is 17.1 Å². The van der Waals surface area contributed by atoms with E-state index >= 15 is 0 Å². The summed E-state index contributed by atoms with van der Waals surface area (Å²) in [6.45, 7) is 0. The molecule has 0 radical (unpaired) electrons. The second-order valence-corrected chi connectivity index (χ2v) is 4.36. The fourth-order valence-corrected chi connectivity index (χ4v) is 2.13. The Balaban J connectivity index is 2.63. The maximum Gasteiger partial charge on any atom is 0.173 e. The van der Waals surface area contributed by atoms with E-state index in [1.165, 1.54) is 17.8 Å². The summed E-state index contributed by atoms with van der Waals surface area (Å²) >= 11 is 1.47. The Bertz CT molecular complexity index is 536. The minimum Gasteiger partial charge on any atom is -0.293 e. The SMILES string of the molecule is CSCC(=O)c1ccc(F)c2ccccc12. The molecule has 0 N–H and O–H groups in total. The van der Waals surface area contributed by atoms with Crippen molar-refractivity contribution in [1.29, 1.82) is 0 Å². The summed E-state index contributed by atoms with van der Waals surface area (Å²) in [6, 6.07) is 9.99. The van der Waals surface area contributed by atoms with Gasteiger partial charge >= 0.3 is 0 Å². The highest BCUT2D eigenvalue weighted by atomic mass is 32.2. The molecule has 0 aliphatic heterocycles. The minimum absolute atomic E-state index is 0.0451. The van der Waals surface area contributed by atoms with Gasteiger partial charge in [-0.3, -0.25) is 4.79 Å². The number of carbonyl (C=O) groups is 1. The minimum atomic E-state index is -0.281. The van der Waals surface area contributed by atoms with Crippen LogP contribution in [0.5, 0.6) is 0 Å². The first-order valence-corrected chi connectivity index (χ1v) is 6.33. The van der Waals surface area contributed by atoms with Crippen LogP contribution in [0, 0.1) is 5.82 Å². The lowest BCUT2D eigenvalue weighted by Crippen LogP contribution is -2.03. The number of rotatable bonds is 3. The highest BCUT2D eigenvalue weighted by Crippen LogP contribution is 2.22. The summed E-state index contributed by atoms with van der Waals surface area (Å²) in [5, 5.41) is 1.20. The first kappa shape index (κ1) is 11.1. The summed E-state index contributed by atoms with van der Waals surface area (Å²) in [5.74, 6) is 0.190. The van der Waals surface area contributed by atoms with E-state index < -0.39 is 0 Å². The predicted molar refractivity (Wildman–Crippen MR) is 66.6 cm³/mol. The van der Waals surface area contributed by atoms with Gasteiger partial charge in [-0.1, -0.05) is 24.3 Å². The van der Waals surface area contributed by atoms with Gasteiger partial charge in [-0.2, -0.15) is 11.8 Å². The molecule has 1 nitrogen and oxygen atoms in total. The summed E-state index contributed by atoms with van der Waals surface area (Å²) in [5.41, 5.74) is 0.603. The summed E-state index contributed by atoms with van der Waals surface area (Å²) < 4.78 is 13.5. The maximum atomic E-state index is 13.5. The zero-order chi connectivity index (χ0) is 11.5. The normalized spacial score (nSPS) is 10.6. The van der Waals surface area contributed by atoms with E-state index in [1.807, 2.05) is 12.3 Å². The molecular formula is C13H11FOS. The fraction of sp³-hybridized carbons (Fsp3) is 0.154. The van der Waals surface area contributed by atoms with Crippen molar-refractivity contribution in [2.24, 2.45) is 0 Å². The number of fused-ring (bicyclic) bond motifs is 1. The van der Waals surface area contributed by atoms with Gasteiger partial charge in [0.2, 0.25) is 0 Å². The second kappa shape index (κ2) is 4.66. The van der Waals surface area contributed by atoms with Crippen molar-refractivity contribution in [3.05, 3.63) is 47.8 Å².